The van der Waals surface area contributed by atoms with Gasteiger partial charge in [-0.15, -0.1) is 0 Å². The lowest BCUT2D eigenvalue weighted by Gasteiger charge is -2.12. The van der Waals surface area contributed by atoms with E-state index in [9.17, 15) is 13.6 Å². The highest BCUT2D eigenvalue weighted by Gasteiger charge is 2.27. The predicted molar refractivity (Wildman–Crippen MR) is 106 cm³/mol. The summed E-state index contributed by atoms with van der Waals surface area (Å²) in [6.07, 6.45) is 4.27. The molecule has 1 heterocycles. The van der Waals surface area contributed by atoms with Crippen molar-refractivity contribution < 1.29 is 32.3 Å². The van der Waals surface area contributed by atoms with Crippen LogP contribution in [0.1, 0.15) is 54.9 Å². The Bertz CT molecular complexity index is 926. The second-order valence-electron chi connectivity index (χ2n) is 8.00. The first-order valence-corrected chi connectivity index (χ1v) is 10.3. The van der Waals surface area contributed by atoms with E-state index in [1.807, 2.05) is 0 Å². The number of nitrogens with two attached hydrogens (primary N) is 1. The highest BCUT2D eigenvalue weighted by Crippen LogP contribution is 2.37. The molecule has 0 radical (unpaired) electrons. The number of nitrogens with one attached hydrogen (secondary N) is 1. The van der Waals surface area contributed by atoms with Gasteiger partial charge in [0.25, 0.3) is 5.91 Å². The third-order valence-corrected chi connectivity index (χ3v) is 5.04. The van der Waals surface area contributed by atoms with Gasteiger partial charge in [-0.3, -0.25) is 9.63 Å². The number of hydroxylamine groups is 1. The van der Waals surface area contributed by atoms with Crippen molar-refractivity contribution in [2.45, 2.75) is 45.3 Å². The van der Waals surface area contributed by atoms with Crippen LogP contribution >= 0.6 is 0 Å². The molecule has 0 bridgehead atoms. The largest absolute Gasteiger partial charge is 0.489 e. The van der Waals surface area contributed by atoms with Crippen LogP contribution in [0.2, 0.25) is 0 Å². The summed E-state index contributed by atoms with van der Waals surface area (Å²) in [6, 6.07) is 3.77. The summed E-state index contributed by atoms with van der Waals surface area (Å²) in [5.41, 5.74) is 8.76. The topological polar surface area (TPSA) is 109 Å². The number of hydrogen-bond acceptors (Lipinski definition) is 7. The van der Waals surface area contributed by atoms with E-state index in [-0.39, 0.29) is 28.8 Å². The van der Waals surface area contributed by atoms with Crippen LogP contribution in [0, 0.1) is 11.8 Å². The summed E-state index contributed by atoms with van der Waals surface area (Å²) in [6.45, 7) is -0.467. The molecule has 1 aromatic heterocycles. The summed E-state index contributed by atoms with van der Waals surface area (Å²) in [7, 11) is 0. The smallest absolute Gasteiger partial charge is 0.387 e. The fraction of sp³-hybridized carbons (Fsp3) is 0.524. The number of aromatic nitrogens is 1. The van der Waals surface area contributed by atoms with Crippen LogP contribution < -0.4 is 20.7 Å². The van der Waals surface area contributed by atoms with Gasteiger partial charge in [0.05, 0.1) is 19.3 Å². The van der Waals surface area contributed by atoms with E-state index < -0.39 is 18.6 Å². The standard InChI is InChI=1S/C21H25F2N3O5/c1-11(24)18-17(19(27)26-29-10-13-4-5-13)25-20(31-18)14-6-7-15(30-21(22)23)16(8-14)28-9-12-2-3-12/h6-8,11-13,21H,2-5,9-10,24H2,1H3,(H,26,27)/t11-/m0/s1. The number of carbonyl (C=O) groups is 1. The monoisotopic (exact) mass is 437 g/mol. The number of alkyl halides is 2. The summed E-state index contributed by atoms with van der Waals surface area (Å²) in [5.74, 6) is 0.708. The lowest BCUT2D eigenvalue weighted by atomic mass is 10.2. The van der Waals surface area contributed by atoms with Crippen molar-refractivity contribution in [3.63, 3.8) is 0 Å². The molecular weight excluding hydrogens is 412 g/mol. The van der Waals surface area contributed by atoms with Crippen molar-refractivity contribution in [2.75, 3.05) is 13.2 Å². The Hall–Kier alpha value is -2.72. The van der Waals surface area contributed by atoms with Crippen molar-refractivity contribution >= 4 is 5.91 Å². The number of rotatable bonds is 11. The van der Waals surface area contributed by atoms with Crippen LogP contribution in [0.3, 0.4) is 0 Å². The number of halogens is 2. The summed E-state index contributed by atoms with van der Waals surface area (Å²) in [4.78, 5) is 22.0. The molecule has 4 rings (SSSR count). The van der Waals surface area contributed by atoms with E-state index >= 15 is 0 Å². The minimum atomic E-state index is -2.98. The van der Waals surface area contributed by atoms with Crippen molar-refractivity contribution in [1.82, 2.24) is 10.5 Å². The van der Waals surface area contributed by atoms with Gasteiger partial charge in [-0.05, 0) is 62.6 Å². The Kier molecular flexibility index (Phi) is 6.38. The van der Waals surface area contributed by atoms with E-state index in [1.165, 1.54) is 18.2 Å². The molecule has 2 aromatic rings. The zero-order chi connectivity index (χ0) is 22.0. The number of amides is 1. The van der Waals surface area contributed by atoms with Crippen LogP contribution in [0.25, 0.3) is 11.5 Å². The highest BCUT2D eigenvalue weighted by atomic mass is 19.3. The maximum absolute atomic E-state index is 12.7. The van der Waals surface area contributed by atoms with Crippen molar-refractivity contribution in [3.05, 3.63) is 29.7 Å². The second-order valence-corrected chi connectivity index (χ2v) is 8.00. The van der Waals surface area contributed by atoms with Gasteiger partial charge < -0.3 is 19.6 Å². The van der Waals surface area contributed by atoms with Crippen LogP contribution in [-0.2, 0) is 4.84 Å². The number of oxazole rings is 1. The van der Waals surface area contributed by atoms with Gasteiger partial charge >= 0.3 is 6.61 Å². The van der Waals surface area contributed by atoms with Gasteiger partial charge in [0.1, 0.15) is 0 Å². The summed E-state index contributed by atoms with van der Waals surface area (Å²) < 4.78 is 41.5. The van der Waals surface area contributed by atoms with Gasteiger partial charge in [0.2, 0.25) is 5.89 Å². The average Bonchev–Trinajstić information content (AvgIpc) is 3.65. The number of nitrogens with zero attached hydrogens (tertiary/aromatic N) is 1. The normalized spacial score (nSPS) is 16.9. The molecule has 168 valence electrons. The Morgan fingerprint density at radius 1 is 1.23 bits per heavy atom. The molecule has 0 unspecified atom stereocenters. The van der Waals surface area contributed by atoms with Gasteiger partial charge in [0.15, 0.2) is 23.0 Å². The van der Waals surface area contributed by atoms with Gasteiger partial charge in [-0.2, -0.15) is 8.78 Å². The minimum Gasteiger partial charge on any atom is -0.489 e. The van der Waals surface area contributed by atoms with Crippen LogP contribution in [0.4, 0.5) is 8.78 Å². The third-order valence-electron chi connectivity index (χ3n) is 5.04. The molecule has 1 atom stereocenters. The van der Waals surface area contributed by atoms with E-state index in [0.717, 1.165) is 25.7 Å². The lowest BCUT2D eigenvalue weighted by Crippen LogP contribution is -2.26. The first kappa shape index (κ1) is 21.5. The molecule has 1 amide bonds. The van der Waals surface area contributed by atoms with Crippen LogP contribution in [-0.4, -0.2) is 30.7 Å². The van der Waals surface area contributed by atoms with Crippen molar-refractivity contribution in [1.29, 1.82) is 0 Å². The lowest BCUT2D eigenvalue weighted by molar-refractivity contribution is -0.0515. The zero-order valence-corrected chi connectivity index (χ0v) is 17.1. The Balaban J connectivity index is 1.56. The van der Waals surface area contributed by atoms with Crippen molar-refractivity contribution in [2.24, 2.45) is 17.6 Å². The molecule has 2 saturated carbocycles. The third kappa shape index (κ3) is 5.71. The van der Waals surface area contributed by atoms with Crippen molar-refractivity contribution in [3.8, 4) is 23.0 Å². The number of carbonyl (C=O) groups excluding carboxylic acids is 1. The number of hydrogen-bond donors (Lipinski definition) is 2. The summed E-state index contributed by atoms with van der Waals surface area (Å²) in [5, 5.41) is 0. The molecule has 0 saturated heterocycles. The molecule has 0 spiro atoms. The van der Waals surface area contributed by atoms with Crippen LogP contribution in [0.15, 0.2) is 22.6 Å². The molecule has 8 nitrogen and oxygen atoms in total. The molecular formula is C21H25F2N3O5. The molecule has 0 aliphatic heterocycles. The van der Waals surface area contributed by atoms with E-state index in [4.69, 9.17) is 19.7 Å². The SMILES string of the molecule is C[C@H](N)c1oc(-c2ccc(OC(F)F)c(OCC3CC3)c2)nc1C(=O)NOCC1CC1. The Morgan fingerprint density at radius 2 is 1.94 bits per heavy atom. The average molecular weight is 437 g/mol. The fourth-order valence-corrected chi connectivity index (χ4v) is 2.92. The molecule has 2 aliphatic carbocycles. The molecule has 10 heteroatoms. The number of ether oxygens (including phenoxy) is 2. The molecule has 1 aromatic carbocycles. The maximum Gasteiger partial charge on any atom is 0.387 e. The van der Waals surface area contributed by atoms with E-state index in [1.54, 1.807) is 6.92 Å². The van der Waals surface area contributed by atoms with E-state index in [2.05, 4.69) is 15.2 Å². The fourth-order valence-electron chi connectivity index (χ4n) is 2.92. The minimum absolute atomic E-state index is 0.00847. The first-order valence-electron chi connectivity index (χ1n) is 10.3. The second kappa shape index (κ2) is 9.19. The molecule has 2 fully saturated rings. The van der Waals surface area contributed by atoms with Crippen LogP contribution in [0.5, 0.6) is 11.5 Å². The molecule has 3 N–H and O–H groups in total. The first-order chi connectivity index (χ1) is 14.9. The Morgan fingerprint density at radius 3 is 2.58 bits per heavy atom. The molecule has 2 aliphatic rings. The Labute approximate surface area is 178 Å². The highest BCUT2D eigenvalue weighted by molar-refractivity contribution is 5.93. The predicted octanol–water partition coefficient (Wildman–Crippen LogP) is 3.82. The quantitative estimate of drug-likeness (QED) is 0.514. The zero-order valence-electron chi connectivity index (χ0n) is 17.1. The van der Waals surface area contributed by atoms with Gasteiger partial charge in [-0.25, -0.2) is 10.5 Å². The maximum atomic E-state index is 12.7. The molecule has 31 heavy (non-hydrogen) atoms. The van der Waals surface area contributed by atoms with Gasteiger partial charge in [-0.1, -0.05) is 0 Å². The summed E-state index contributed by atoms with van der Waals surface area (Å²) >= 11 is 0. The van der Waals surface area contributed by atoms with E-state index in [0.29, 0.717) is 30.6 Å². The number of benzene rings is 1. The van der Waals surface area contributed by atoms with Gasteiger partial charge in [0, 0.05) is 5.56 Å².